The number of nitrogens with zero attached hydrogens (tertiary/aromatic N) is 1. The van der Waals surface area contributed by atoms with Crippen molar-refractivity contribution >= 4 is 17.6 Å². The molecule has 204 valence electrons. The molecule has 3 fully saturated rings. The number of methoxy groups -OCH3 is 1. The largest absolute Gasteiger partial charge is 0.467 e. The van der Waals surface area contributed by atoms with Crippen molar-refractivity contribution in [2.24, 2.45) is 33.7 Å². The number of carbonyl (C=O) groups is 2. The second kappa shape index (κ2) is 9.99. The highest BCUT2D eigenvalue weighted by atomic mass is 16.6. The highest BCUT2D eigenvalue weighted by Crippen LogP contribution is 2.66. The number of nitrogens with one attached hydrogen (secondary N) is 1. The van der Waals surface area contributed by atoms with Crippen molar-refractivity contribution in [2.45, 2.75) is 70.9 Å². The van der Waals surface area contributed by atoms with Gasteiger partial charge >= 0.3 is 5.97 Å². The molecular formula is C31H40N2O5. The minimum absolute atomic E-state index is 0.0124. The van der Waals surface area contributed by atoms with Gasteiger partial charge in [0, 0.05) is 5.41 Å². The first-order valence-corrected chi connectivity index (χ1v) is 13.8. The van der Waals surface area contributed by atoms with Gasteiger partial charge < -0.3 is 20.0 Å². The number of ether oxygens (including phenoxy) is 1. The van der Waals surface area contributed by atoms with E-state index in [4.69, 9.17) is 9.57 Å². The molecule has 0 unspecified atom stereocenters. The Labute approximate surface area is 225 Å². The zero-order valence-corrected chi connectivity index (χ0v) is 22.9. The molecule has 7 nitrogen and oxygen atoms in total. The number of hydrogen-bond acceptors (Lipinski definition) is 6. The molecule has 2 N–H and O–H groups in total. The molecule has 0 bridgehead atoms. The van der Waals surface area contributed by atoms with Crippen LogP contribution < -0.4 is 5.32 Å². The lowest BCUT2D eigenvalue weighted by Crippen LogP contribution is -2.53. The summed E-state index contributed by atoms with van der Waals surface area (Å²) in [6.45, 7) is 6.41. The standard InChI is InChI=1S/C31H40N2O5/c1-29-15-12-22(33-38-19-26(34)32-27(28(35)37-4)20-8-6-5-7-9-20)18-21(29)10-11-23-24(29)13-16-30(2)25(23)14-17-31(30,3)36/h5-9,12,15,18,23-25,27,36H,10-11,13-14,16-17,19H2,1-4H3,(H,32,34)/b33-22-/t23-,24+,25+,27-,29+,30+,31+/m1/s1. The average Bonchev–Trinajstić information content (AvgIpc) is 3.16. The molecule has 0 spiro atoms. The number of aliphatic hydroxyl groups is 1. The van der Waals surface area contributed by atoms with E-state index in [1.165, 1.54) is 12.7 Å². The molecule has 0 aromatic heterocycles. The normalized spacial score (nSPS) is 37.3. The predicted molar refractivity (Wildman–Crippen MR) is 145 cm³/mol. The van der Waals surface area contributed by atoms with Gasteiger partial charge in [0.05, 0.1) is 12.7 Å². The minimum atomic E-state index is -0.904. The van der Waals surface area contributed by atoms with E-state index in [0.29, 0.717) is 29.0 Å². The van der Waals surface area contributed by atoms with Crippen LogP contribution in [0.2, 0.25) is 0 Å². The smallest absolute Gasteiger partial charge is 0.333 e. The number of oxime groups is 1. The maximum Gasteiger partial charge on any atom is 0.333 e. The Kier molecular flexibility index (Phi) is 7.01. The quantitative estimate of drug-likeness (QED) is 0.412. The van der Waals surface area contributed by atoms with E-state index in [1.807, 2.05) is 19.1 Å². The molecule has 7 atom stereocenters. The highest BCUT2D eigenvalue weighted by Gasteiger charge is 2.61. The molecule has 7 heteroatoms. The third-order valence-electron chi connectivity index (χ3n) is 10.4. The Bertz CT molecular complexity index is 1170. The first kappa shape index (κ1) is 26.7. The summed E-state index contributed by atoms with van der Waals surface area (Å²) in [7, 11) is 1.29. The number of allylic oxidation sites excluding steroid dienone is 4. The molecule has 38 heavy (non-hydrogen) atoms. The van der Waals surface area contributed by atoms with Crippen LogP contribution in [-0.4, -0.2) is 42.0 Å². The first-order valence-electron chi connectivity index (χ1n) is 13.8. The number of benzene rings is 1. The monoisotopic (exact) mass is 520 g/mol. The van der Waals surface area contributed by atoms with Crippen LogP contribution >= 0.6 is 0 Å². The molecule has 0 aliphatic heterocycles. The molecule has 1 amide bonds. The molecule has 5 rings (SSSR count). The molecule has 1 aromatic rings. The zero-order valence-electron chi connectivity index (χ0n) is 22.9. The summed E-state index contributed by atoms with van der Waals surface area (Å²) >= 11 is 0. The number of fused-ring (bicyclic) bond motifs is 5. The maximum atomic E-state index is 12.5. The van der Waals surface area contributed by atoms with Crippen molar-refractivity contribution in [3.63, 3.8) is 0 Å². The summed E-state index contributed by atoms with van der Waals surface area (Å²) in [6, 6.07) is 8.05. The van der Waals surface area contributed by atoms with Crippen LogP contribution in [0.3, 0.4) is 0 Å². The van der Waals surface area contributed by atoms with Gasteiger partial charge in [-0.3, -0.25) is 4.79 Å². The van der Waals surface area contributed by atoms with E-state index < -0.39 is 23.5 Å². The van der Waals surface area contributed by atoms with Crippen LogP contribution in [0.25, 0.3) is 0 Å². The SMILES string of the molecule is COC(=O)[C@H](NC(=O)CO/N=C1/C=C[C@@]2(C)C(=C1)CC[C@@H]1[C@@H]2CC[C@@]2(C)[C@H]1CC[C@]2(C)O)c1ccccc1. The van der Waals surface area contributed by atoms with Crippen LogP contribution in [0.5, 0.6) is 0 Å². The van der Waals surface area contributed by atoms with Crippen molar-refractivity contribution in [1.82, 2.24) is 5.32 Å². The summed E-state index contributed by atoms with van der Waals surface area (Å²) in [6.07, 6.45) is 12.8. The van der Waals surface area contributed by atoms with Crippen molar-refractivity contribution < 1.29 is 24.3 Å². The van der Waals surface area contributed by atoms with Gasteiger partial charge in [-0.2, -0.15) is 0 Å². The molecule has 1 aromatic carbocycles. The number of rotatable bonds is 6. The number of hydrogen-bond donors (Lipinski definition) is 2. The fraction of sp³-hybridized carbons (Fsp3) is 0.581. The molecule has 4 aliphatic rings. The topological polar surface area (TPSA) is 97.2 Å². The van der Waals surface area contributed by atoms with Crippen LogP contribution in [0, 0.1) is 28.6 Å². The van der Waals surface area contributed by atoms with Gasteiger partial charge in [0.15, 0.2) is 12.6 Å². The number of carbonyl (C=O) groups excluding carboxylic acids is 2. The van der Waals surface area contributed by atoms with Gasteiger partial charge in [-0.1, -0.05) is 61.0 Å². The fourth-order valence-electron chi connectivity index (χ4n) is 7.92. The van der Waals surface area contributed by atoms with Crippen LogP contribution in [0.1, 0.15) is 70.9 Å². The van der Waals surface area contributed by atoms with Gasteiger partial charge in [-0.05, 0) is 86.3 Å². The Balaban J connectivity index is 1.22. The van der Waals surface area contributed by atoms with Gasteiger partial charge in [0.2, 0.25) is 0 Å². The zero-order chi connectivity index (χ0) is 27.1. The fourth-order valence-corrected chi connectivity index (χ4v) is 7.92. The van der Waals surface area contributed by atoms with Crippen LogP contribution in [0.15, 0.2) is 59.3 Å². The van der Waals surface area contributed by atoms with Crippen molar-refractivity contribution in [3.8, 4) is 0 Å². The van der Waals surface area contributed by atoms with Crippen LogP contribution in [0.4, 0.5) is 0 Å². The van der Waals surface area contributed by atoms with E-state index in [-0.39, 0.29) is 17.4 Å². The molecular weight excluding hydrogens is 480 g/mol. The average molecular weight is 521 g/mol. The lowest BCUT2D eigenvalue weighted by molar-refractivity contribution is -0.145. The summed E-state index contributed by atoms with van der Waals surface area (Å²) in [5.41, 5.74) is 2.13. The molecule has 4 aliphatic carbocycles. The van der Waals surface area contributed by atoms with Gasteiger partial charge in [0.1, 0.15) is 5.71 Å². The van der Waals surface area contributed by atoms with Gasteiger partial charge in [-0.25, -0.2) is 4.79 Å². The third kappa shape index (κ3) is 4.49. The highest BCUT2D eigenvalue weighted by molar-refractivity contribution is 6.05. The second-order valence-electron chi connectivity index (χ2n) is 12.2. The second-order valence-corrected chi connectivity index (χ2v) is 12.2. The predicted octanol–water partition coefficient (Wildman–Crippen LogP) is 4.88. The van der Waals surface area contributed by atoms with E-state index in [1.54, 1.807) is 24.3 Å². The number of esters is 1. The Hall–Kier alpha value is -2.93. The van der Waals surface area contributed by atoms with Gasteiger partial charge in [0.25, 0.3) is 5.91 Å². The molecule has 3 saturated carbocycles. The van der Waals surface area contributed by atoms with E-state index in [9.17, 15) is 14.7 Å². The Morgan fingerprint density at radius 2 is 1.84 bits per heavy atom. The third-order valence-corrected chi connectivity index (χ3v) is 10.4. The summed E-state index contributed by atoms with van der Waals surface area (Å²) in [4.78, 5) is 30.1. The maximum absolute atomic E-state index is 12.5. The molecule has 0 heterocycles. The lowest BCUT2D eigenvalue weighted by atomic mass is 9.47. The summed E-state index contributed by atoms with van der Waals surface area (Å²) in [5.74, 6) is 0.760. The van der Waals surface area contributed by atoms with Crippen molar-refractivity contribution in [3.05, 3.63) is 59.7 Å². The first-order chi connectivity index (χ1) is 18.1. The molecule has 0 saturated heterocycles. The minimum Gasteiger partial charge on any atom is -0.467 e. The van der Waals surface area contributed by atoms with Gasteiger partial charge in [-0.15, -0.1) is 0 Å². The lowest BCUT2D eigenvalue weighted by Gasteiger charge is -2.58. The van der Waals surface area contributed by atoms with E-state index in [2.05, 4.69) is 36.5 Å². The summed E-state index contributed by atoms with van der Waals surface area (Å²) in [5, 5.41) is 18.0. The molecule has 0 radical (unpaired) electrons. The summed E-state index contributed by atoms with van der Waals surface area (Å²) < 4.78 is 4.85. The van der Waals surface area contributed by atoms with Crippen molar-refractivity contribution in [2.75, 3.05) is 13.7 Å². The van der Waals surface area contributed by atoms with Crippen molar-refractivity contribution in [1.29, 1.82) is 0 Å². The number of amides is 1. The Morgan fingerprint density at radius 3 is 2.58 bits per heavy atom. The van der Waals surface area contributed by atoms with E-state index in [0.717, 1.165) is 38.5 Å². The van der Waals surface area contributed by atoms with Crippen LogP contribution in [-0.2, 0) is 19.2 Å². The van der Waals surface area contributed by atoms with E-state index >= 15 is 0 Å². The Morgan fingerprint density at radius 1 is 1.11 bits per heavy atom.